The van der Waals surface area contributed by atoms with E-state index in [1.807, 2.05) is 0 Å². The van der Waals surface area contributed by atoms with Crippen LogP contribution in [0.1, 0.15) is 25.3 Å². The van der Waals surface area contributed by atoms with Crippen LogP contribution in [0.5, 0.6) is 5.75 Å². The van der Waals surface area contributed by atoms with Crippen molar-refractivity contribution in [3.63, 3.8) is 0 Å². The zero-order chi connectivity index (χ0) is 20.5. The standard InChI is InChI=1S/C23H23ClN2O3/c1-15-10-12-25(13-11-15)21-20(16-6-8-17(24)9-7-16)22(27)26(23(21)28)18-4-3-5-19(14-18)29-2/h3-9,14-15H,10-13H2,1-2H3. The number of anilines is 1. The van der Waals surface area contributed by atoms with Crippen molar-refractivity contribution in [2.24, 2.45) is 5.92 Å². The van der Waals surface area contributed by atoms with Crippen LogP contribution in [0.3, 0.4) is 0 Å². The third-order valence-corrected chi connectivity index (χ3v) is 5.86. The minimum atomic E-state index is -0.320. The molecule has 1 fully saturated rings. The van der Waals surface area contributed by atoms with Gasteiger partial charge in [0.2, 0.25) is 0 Å². The number of methoxy groups -OCH3 is 1. The summed E-state index contributed by atoms with van der Waals surface area (Å²) >= 11 is 6.04. The highest BCUT2D eigenvalue weighted by Gasteiger charge is 2.43. The van der Waals surface area contributed by atoms with Crippen LogP contribution in [0.4, 0.5) is 5.69 Å². The van der Waals surface area contributed by atoms with Crippen LogP contribution in [0.15, 0.2) is 54.2 Å². The minimum absolute atomic E-state index is 0.289. The number of halogens is 1. The lowest BCUT2D eigenvalue weighted by Gasteiger charge is -2.32. The molecule has 150 valence electrons. The average molecular weight is 411 g/mol. The number of benzene rings is 2. The third-order valence-electron chi connectivity index (χ3n) is 5.60. The summed E-state index contributed by atoms with van der Waals surface area (Å²) < 4.78 is 5.28. The maximum Gasteiger partial charge on any atom is 0.282 e. The molecule has 2 aliphatic heterocycles. The summed E-state index contributed by atoms with van der Waals surface area (Å²) in [4.78, 5) is 30.3. The Morgan fingerprint density at radius 2 is 1.69 bits per heavy atom. The molecule has 6 heteroatoms. The normalized spacial score (nSPS) is 18.0. The predicted octanol–water partition coefficient (Wildman–Crippen LogP) is 4.37. The lowest BCUT2D eigenvalue weighted by molar-refractivity contribution is -0.120. The lowest BCUT2D eigenvalue weighted by Crippen LogP contribution is -2.38. The van der Waals surface area contributed by atoms with E-state index in [2.05, 4.69) is 11.8 Å². The van der Waals surface area contributed by atoms with Crippen molar-refractivity contribution in [2.45, 2.75) is 19.8 Å². The number of nitrogens with zero attached hydrogens (tertiary/aromatic N) is 2. The molecular weight excluding hydrogens is 388 g/mol. The molecule has 1 saturated heterocycles. The predicted molar refractivity (Wildman–Crippen MR) is 114 cm³/mol. The molecule has 0 radical (unpaired) electrons. The van der Waals surface area contributed by atoms with Crippen molar-refractivity contribution in [3.8, 4) is 5.75 Å². The van der Waals surface area contributed by atoms with Crippen LogP contribution in [-0.2, 0) is 9.59 Å². The quantitative estimate of drug-likeness (QED) is 0.702. The summed E-state index contributed by atoms with van der Waals surface area (Å²) in [5.41, 5.74) is 2.12. The Hall–Kier alpha value is -2.79. The Morgan fingerprint density at radius 1 is 1.00 bits per heavy atom. The minimum Gasteiger partial charge on any atom is -0.497 e. The first-order valence-corrected chi connectivity index (χ1v) is 10.2. The van der Waals surface area contributed by atoms with Gasteiger partial charge in [0, 0.05) is 24.2 Å². The van der Waals surface area contributed by atoms with E-state index in [1.165, 1.54) is 4.90 Å². The maximum absolute atomic E-state index is 13.5. The Morgan fingerprint density at radius 3 is 2.34 bits per heavy atom. The van der Waals surface area contributed by atoms with E-state index in [0.717, 1.165) is 25.9 Å². The van der Waals surface area contributed by atoms with Gasteiger partial charge < -0.3 is 9.64 Å². The molecule has 0 atom stereocenters. The van der Waals surface area contributed by atoms with Gasteiger partial charge in [-0.2, -0.15) is 0 Å². The van der Waals surface area contributed by atoms with E-state index in [1.54, 1.807) is 55.6 Å². The number of carbonyl (C=O) groups excluding carboxylic acids is 2. The van der Waals surface area contributed by atoms with Crippen molar-refractivity contribution in [2.75, 3.05) is 25.1 Å². The van der Waals surface area contributed by atoms with E-state index in [-0.39, 0.29) is 11.8 Å². The number of likely N-dealkylation sites (tertiary alicyclic amines) is 1. The molecule has 0 aromatic heterocycles. The fourth-order valence-electron chi connectivity index (χ4n) is 3.90. The second-order valence-electron chi connectivity index (χ2n) is 7.55. The number of piperidine rings is 1. The van der Waals surface area contributed by atoms with Crippen LogP contribution in [0.2, 0.25) is 5.02 Å². The molecule has 2 aromatic rings. The van der Waals surface area contributed by atoms with E-state index >= 15 is 0 Å². The Kier molecular flexibility index (Phi) is 5.33. The van der Waals surface area contributed by atoms with E-state index < -0.39 is 0 Å². The molecule has 0 spiro atoms. The second-order valence-corrected chi connectivity index (χ2v) is 7.98. The monoisotopic (exact) mass is 410 g/mol. The molecule has 2 aromatic carbocycles. The summed E-state index contributed by atoms with van der Waals surface area (Å²) in [6.45, 7) is 3.74. The van der Waals surface area contributed by atoms with Gasteiger partial charge in [-0.3, -0.25) is 9.59 Å². The Balaban J connectivity index is 1.80. The zero-order valence-electron chi connectivity index (χ0n) is 16.5. The van der Waals surface area contributed by atoms with Gasteiger partial charge in [0.15, 0.2) is 0 Å². The molecule has 5 nitrogen and oxygen atoms in total. The smallest absolute Gasteiger partial charge is 0.282 e. The largest absolute Gasteiger partial charge is 0.497 e. The highest BCUT2D eigenvalue weighted by Crippen LogP contribution is 2.37. The average Bonchev–Trinajstić information content (AvgIpc) is 2.99. The van der Waals surface area contributed by atoms with E-state index in [9.17, 15) is 9.59 Å². The molecule has 2 heterocycles. The molecule has 2 aliphatic rings. The van der Waals surface area contributed by atoms with Gasteiger partial charge in [-0.15, -0.1) is 0 Å². The fourth-order valence-corrected chi connectivity index (χ4v) is 4.03. The first kappa shape index (κ1) is 19.5. The SMILES string of the molecule is COc1cccc(N2C(=O)C(c3ccc(Cl)cc3)=C(N3CCC(C)CC3)C2=O)c1. The number of imide groups is 1. The molecule has 0 unspecified atom stereocenters. The molecule has 4 rings (SSSR count). The summed E-state index contributed by atoms with van der Waals surface area (Å²) in [5.74, 6) is 0.603. The van der Waals surface area contributed by atoms with Crippen LogP contribution >= 0.6 is 11.6 Å². The number of hydrogen-bond donors (Lipinski definition) is 0. The molecule has 0 aliphatic carbocycles. The first-order valence-electron chi connectivity index (χ1n) is 9.77. The molecular formula is C23H23ClN2O3. The van der Waals surface area contributed by atoms with Crippen molar-refractivity contribution in [1.29, 1.82) is 0 Å². The van der Waals surface area contributed by atoms with Crippen LogP contribution in [-0.4, -0.2) is 36.9 Å². The zero-order valence-corrected chi connectivity index (χ0v) is 17.3. The number of ether oxygens (including phenoxy) is 1. The maximum atomic E-state index is 13.5. The number of hydrogen-bond acceptors (Lipinski definition) is 4. The van der Waals surface area contributed by atoms with Crippen molar-refractivity contribution < 1.29 is 14.3 Å². The lowest BCUT2D eigenvalue weighted by atomic mass is 9.97. The van der Waals surface area contributed by atoms with Crippen LogP contribution < -0.4 is 9.64 Å². The third kappa shape index (κ3) is 3.62. The van der Waals surface area contributed by atoms with Crippen molar-refractivity contribution in [1.82, 2.24) is 4.90 Å². The molecule has 0 bridgehead atoms. The number of carbonyl (C=O) groups is 2. The van der Waals surface area contributed by atoms with Gasteiger partial charge in [-0.25, -0.2) is 4.90 Å². The summed E-state index contributed by atoms with van der Waals surface area (Å²) in [6.07, 6.45) is 2.00. The van der Waals surface area contributed by atoms with Gasteiger partial charge in [0.1, 0.15) is 11.4 Å². The van der Waals surface area contributed by atoms with Gasteiger partial charge >= 0.3 is 0 Å². The van der Waals surface area contributed by atoms with E-state index in [4.69, 9.17) is 16.3 Å². The Labute approximate surface area is 175 Å². The first-order chi connectivity index (χ1) is 14.0. The summed E-state index contributed by atoms with van der Waals surface area (Å²) in [6, 6.07) is 14.1. The topological polar surface area (TPSA) is 49.9 Å². The van der Waals surface area contributed by atoms with Gasteiger partial charge in [-0.1, -0.05) is 36.7 Å². The molecule has 0 saturated carbocycles. The molecule has 0 N–H and O–H groups in total. The van der Waals surface area contributed by atoms with Crippen molar-refractivity contribution in [3.05, 3.63) is 64.8 Å². The highest BCUT2D eigenvalue weighted by atomic mass is 35.5. The highest BCUT2D eigenvalue weighted by molar-refractivity contribution is 6.45. The molecule has 29 heavy (non-hydrogen) atoms. The fraction of sp³-hybridized carbons (Fsp3) is 0.304. The Bertz CT molecular complexity index is 976. The van der Waals surface area contributed by atoms with Gasteiger partial charge in [0.25, 0.3) is 11.8 Å². The van der Waals surface area contributed by atoms with Crippen LogP contribution in [0.25, 0.3) is 5.57 Å². The van der Waals surface area contributed by atoms with E-state index in [0.29, 0.717) is 39.2 Å². The molecule has 2 amide bonds. The van der Waals surface area contributed by atoms with Gasteiger partial charge in [-0.05, 0) is 48.6 Å². The number of rotatable bonds is 4. The second kappa shape index (κ2) is 7.91. The summed E-state index contributed by atoms with van der Waals surface area (Å²) in [5, 5.41) is 0.587. The van der Waals surface area contributed by atoms with Crippen molar-refractivity contribution >= 4 is 34.7 Å². The van der Waals surface area contributed by atoms with Crippen LogP contribution in [0, 0.1) is 5.92 Å². The number of amides is 2. The summed E-state index contributed by atoms with van der Waals surface area (Å²) in [7, 11) is 1.56. The van der Waals surface area contributed by atoms with Gasteiger partial charge in [0.05, 0.1) is 18.4 Å².